The Morgan fingerprint density at radius 3 is 2.18 bits per heavy atom. The van der Waals surface area contributed by atoms with E-state index in [0.717, 1.165) is 45.6 Å². The number of nitrogens with one attached hydrogen (secondary N) is 2. The highest BCUT2D eigenvalue weighted by atomic mass is 16.6. The first-order valence-electron chi connectivity index (χ1n) is 8.50. The van der Waals surface area contributed by atoms with Crippen LogP contribution < -0.4 is 10.6 Å². The van der Waals surface area contributed by atoms with E-state index < -0.39 is 5.60 Å². The number of nitrogens with zero attached hydrogens (tertiary/aromatic N) is 1. The standard InChI is InChI=1S/C17H35N3O2/c1-16(2,3)19-10-9-18-13-14-7-11-20(12-8-14)15(21)22-17(4,5)6/h14,18-19H,7-13H2,1-6H3. The van der Waals surface area contributed by atoms with E-state index in [1.807, 2.05) is 25.7 Å². The van der Waals surface area contributed by atoms with Crippen LogP contribution in [0.25, 0.3) is 0 Å². The Hall–Kier alpha value is -0.810. The number of hydrogen-bond acceptors (Lipinski definition) is 4. The van der Waals surface area contributed by atoms with Gasteiger partial charge in [-0.3, -0.25) is 0 Å². The van der Waals surface area contributed by atoms with Gasteiger partial charge < -0.3 is 20.3 Å². The molecule has 0 aromatic carbocycles. The summed E-state index contributed by atoms with van der Waals surface area (Å²) in [5, 5.41) is 6.98. The highest BCUT2D eigenvalue weighted by Gasteiger charge is 2.26. The molecule has 130 valence electrons. The Morgan fingerprint density at radius 1 is 1.09 bits per heavy atom. The molecule has 0 saturated carbocycles. The molecule has 0 aliphatic carbocycles. The van der Waals surface area contributed by atoms with Crippen LogP contribution in [-0.4, -0.2) is 54.9 Å². The van der Waals surface area contributed by atoms with E-state index in [-0.39, 0.29) is 11.6 Å². The maximum atomic E-state index is 12.0. The predicted octanol–water partition coefficient (Wildman–Crippen LogP) is 2.61. The number of piperidine rings is 1. The third-order valence-electron chi connectivity index (χ3n) is 3.66. The number of amides is 1. The van der Waals surface area contributed by atoms with Gasteiger partial charge in [-0.2, -0.15) is 0 Å². The van der Waals surface area contributed by atoms with Gasteiger partial charge in [0.05, 0.1) is 0 Å². The summed E-state index contributed by atoms with van der Waals surface area (Å²) in [4.78, 5) is 13.8. The first-order valence-corrected chi connectivity index (χ1v) is 8.50. The predicted molar refractivity (Wildman–Crippen MR) is 91.2 cm³/mol. The molecule has 0 bridgehead atoms. The first kappa shape index (κ1) is 19.2. The van der Waals surface area contributed by atoms with Gasteiger partial charge in [-0.15, -0.1) is 0 Å². The Morgan fingerprint density at radius 2 is 1.68 bits per heavy atom. The number of carbonyl (C=O) groups is 1. The zero-order valence-corrected chi connectivity index (χ0v) is 15.3. The van der Waals surface area contributed by atoms with Gasteiger partial charge in [-0.05, 0) is 66.8 Å². The van der Waals surface area contributed by atoms with Crippen LogP contribution in [0, 0.1) is 5.92 Å². The molecule has 1 rings (SSSR count). The summed E-state index contributed by atoms with van der Waals surface area (Å²) < 4.78 is 5.42. The van der Waals surface area contributed by atoms with Crippen molar-refractivity contribution >= 4 is 6.09 Å². The summed E-state index contributed by atoms with van der Waals surface area (Å²) in [5.41, 5.74) is -0.226. The molecular weight excluding hydrogens is 278 g/mol. The number of carbonyl (C=O) groups excluding carboxylic acids is 1. The molecule has 0 aromatic heterocycles. The molecular formula is C17H35N3O2. The molecule has 2 N–H and O–H groups in total. The lowest BCUT2D eigenvalue weighted by Gasteiger charge is -2.33. The highest BCUT2D eigenvalue weighted by molar-refractivity contribution is 5.68. The highest BCUT2D eigenvalue weighted by Crippen LogP contribution is 2.19. The molecule has 5 nitrogen and oxygen atoms in total. The third kappa shape index (κ3) is 8.59. The van der Waals surface area contributed by atoms with E-state index in [1.54, 1.807) is 0 Å². The fourth-order valence-corrected chi connectivity index (χ4v) is 2.48. The Kier molecular flexibility index (Phi) is 7.13. The van der Waals surface area contributed by atoms with Crippen LogP contribution in [0.3, 0.4) is 0 Å². The van der Waals surface area contributed by atoms with Crippen LogP contribution in [0.4, 0.5) is 4.79 Å². The van der Waals surface area contributed by atoms with Crippen molar-refractivity contribution in [2.45, 2.75) is 65.5 Å². The largest absolute Gasteiger partial charge is 0.444 e. The van der Waals surface area contributed by atoms with Crippen molar-refractivity contribution < 1.29 is 9.53 Å². The second kappa shape index (κ2) is 8.16. The molecule has 5 heteroatoms. The van der Waals surface area contributed by atoms with Crippen LogP contribution in [0.2, 0.25) is 0 Å². The van der Waals surface area contributed by atoms with E-state index in [2.05, 4.69) is 31.4 Å². The van der Waals surface area contributed by atoms with E-state index in [0.29, 0.717) is 5.92 Å². The maximum absolute atomic E-state index is 12.0. The molecule has 0 atom stereocenters. The monoisotopic (exact) mass is 313 g/mol. The topological polar surface area (TPSA) is 53.6 Å². The zero-order valence-electron chi connectivity index (χ0n) is 15.3. The molecule has 0 unspecified atom stereocenters. The van der Waals surface area contributed by atoms with Crippen molar-refractivity contribution in [2.75, 3.05) is 32.7 Å². The molecule has 0 aromatic rings. The molecule has 1 aliphatic rings. The average Bonchev–Trinajstić information content (AvgIpc) is 2.35. The van der Waals surface area contributed by atoms with Crippen LogP contribution in [0.15, 0.2) is 0 Å². The van der Waals surface area contributed by atoms with Gasteiger partial charge in [-0.25, -0.2) is 4.79 Å². The van der Waals surface area contributed by atoms with Crippen molar-refractivity contribution in [1.82, 2.24) is 15.5 Å². The normalized spacial score (nSPS) is 17.6. The zero-order chi connectivity index (χ0) is 16.8. The first-order chi connectivity index (χ1) is 10.1. The summed E-state index contributed by atoms with van der Waals surface area (Å²) in [7, 11) is 0. The van der Waals surface area contributed by atoms with Gasteiger partial charge in [0, 0.05) is 31.7 Å². The molecule has 22 heavy (non-hydrogen) atoms. The van der Waals surface area contributed by atoms with Gasteiger partial charge in [-0.1, -0.05) is 0 Å². The summed E-state index contributed by atoms with van der Waals surface area (Å²) in [6, 6.07) is 0. The smallest absolute Gasteiger partial charge is 0.410 e. The molecule has 1 aliphatic heterocycles. The second-order valence-electron chi connectivity index (χ2n) is 8.29. The van der Waals surface area contributed by atoms with Crippen LogP contribution in [0.1, 0.15) is 54.4 Å². The number of ether oxygens (including phenoxy) is 1. The quantitative estimate of drug-likeness (QED) is 0.766. The van der Waals surface area contributed by atoms with Crippen molar-refractivity contribution in [3.63, 3.8) is 0 Å². The van der Waals surface area contributed by atoms with Gasteiger partial charge in [0.15, 0.2) is 0 Å². The molecule has 1 fully saturated rings. The lowest BCUT2D eigenvalue weighted by atomic mass is 9.97. The van der Waals surface area contributed by atoms with Crippen LogP contribution in [0.5, 0.6) is 0 Å². The minimum absolute atomic E-state index is 0.173. The van der Waals surface area contributed by atoms with Crippen LogP contribution >= 0.6 is 0 Å². The third-order valence-corrected chi connectivity index (χ3v) is 3.66. The average molecular weight is 313 g/mol. The molecule has 0 radical (unpaired) electrons. The van der Waals surface area contributed by atoms with E-state index >= 15 is 0 Å². The van der Waals surface area contributed by atoms with Gasteiger partial charge in [0.25, 0.3) is 0 Å². The van der Waals surface area contributed by atoms with Crippen LogP contribution in [-0.2, 0) is 4.74 Å². The van der Waals surface area contributed by atoms with E-state index in [4.69, 9.17) is 4.74 Å². The number of likely N-dealkylation sites (tertiary alicyclic amines) is 1. The Balaban J connectivity index is 2.14. The van der Waals surface area contributed by atoms with Crippen molar-refractivity contribution in [2.24, 2.45) is 5.92 Å². The summed E-state index contributed by atoms with van der Waals surface area (Å²) in [5.74, 6) is 0.660. The minimum Gasteiger partial charge on any atom is -0.444 e. The maximum Gasteiger partial charge on any atom is 0.410 e. The number of hydrogen-bond donors (Lipinski definition) is 2. The van der Waals surface area contributed by atoms with Gasteiger partial charge >= 0.3 is 6.09 Å². The molecule has 1 heterocycles. The Bertz CT molecular complexity index is 337. The van der Waals surface area contributed by atoms with E-state index in [9.17, 15) is 4.79 Å². The van der Waals surface area contributed by atoms with Crippen molar-refractivity contribution in [1.29, 1.82) is 0 Å². The molecule has 0 spiro atoms. The summed E-state index contributed by atoms with van der Waals surface area (Å²) in [6.07, 6.45) is 1.94. The van der Waals surface area contributed by atoms with E-state index in [1.165, 1.54) is 0 Å². The van der Waals surface area contributed by atoms with Crippen molar-refractivity contribution in [3.05, 3.63) is 0 Å². The van der Waals surface area contributed by atoms with Gasteiger partial charge in [0.1, 0.15) is 5.60 Å². The second-order valence-corrected chi connectivity index (χ2v) is 8.29. The molecule has 1 saturated heterocycles. The lowest BCUT2D eigenvalue weighted by Crippen LogP contribution is -2.44. The SMILES string of the molecule is CC(C)(C)NCCNCC1CCN(C(=O)OC(C)(C)C)CC1. The lowest BCUT2D eigenvalue weighted by molar-refractivity contribution is 0.0184. The minimum atomic E-state index is -0.407. The summed E-state index contributed by atoms with van der Waals surface area (Å²) in [6.45, 7) is 16.9. The molecule has 1 amide bonds. The summed E-state index contributed by atoms with van der Waals surface area (Å²) >= 11 is 0. The fourth-order valence-electron chi connectivity index (χ4n) is 2.48. The fraction of sp³-hybridized carbons (Fsp3) is 0.941. The van der Waals surface area contributed by atoms with Crippen molar-refractivity contribution in [3.8, 4) is 0 Å². The number of rotatable bonds is 5. The van der Waals surface area contributed by atoms with Gasteiger partial charge in [0.2, 0.25) is 0 Å². The Labute approximate surface area is 136 Å².